The van der Waals surface area contributed by atoms with Crippen LogP contribution in [0.2, 0.25) is 0 Å². The zero-order chi connectivity index (χ0) is 49.3. The minimum Gasteiger partial charge on any atom is -0.451 e. The van der Waals surface area contributed by atoms with E-state index in [9.17, 15) is 67.1 Å². The fourth-order valence-electron chi connectivity index (χ4n) is 6.04. The molecule has 0 spiro atoms. The number of aromatic nitrogens is 4. The van der Waals surface area contributed by atoms with Gasteiger partial charge in [-0.15, -0.1) is 0 Å². The van der Waals surface area contributed by atoms with Crippen molar-refractivity contribution in [1.82, 2.24) is 39.5 Å². The van der Waals surface area contributed by atoms with Crippen molar-refractivity contribution < 1.29 is 98.9 Å². The standard InChI is InChI=1S/C16H22N4O4.C15H14F6N4O4.C4HClF6O2.CH4/c1-16(2,3)24-15(21)20-6-4-19(5-7-20)14(12-8-22-10-17-12)13-9-23-11-18-13;16-14(17,18)12(15(19,20)21)29-13(26)25-3-1-24(2-4-25)11(9-5-27-7-22-9)10-6-28-8-23-10;5-2(12)13-1(3(6,7)8)4(9,10)11;/h8-11,14H,4-7H2,1-3H3;5-8,11-12H,1-4H2;1H;1H4. The molecule has 2 amide bonds. The summed E-state index contributed by atoms with van der Waals surface area (Å²) in [5, 5.41) is 0. The van der Waals surface area contributed by atoms with Crippen LogP contribution in [0, 0.1) is 0 Å². The number of ether oxygens (including phenoxy) is 3. The summed E-state index contributed by atoms with van der Waals surface area (Å²) in [6.45, 7) is 8.05. The number of oxazole rings is 4. The van der Waals surface area contributed by atoms with Gasteiger partial charge in [-0.25, -0.2) is 34.3 Å². The zero-order valence-corrected chi connectivity index (χ0v) is 34.9. The molecule has 18 nitrogen and oxygen atoms in total. The summed E-state index contributed by atoms with van der Waals surface area (Å²) in [5.41, 5.74) is -0.157. The van der Waals surface area contributed by atoms with Crippen molar-refractivity contribution in [1.29, 1.82) is 0 Å². The lowest BCUT2D eigenvalue weighted by Gasteiger charge is -2.38. The topological polar surface area (TPSA) is 196 Å². The first kappa shape index (κ1) is 55.5. The molecule has 4 aromatic rings. The van der Waals surface area contributed by atoms with E-state index in [1.54, 1.807) is 22.3 Å². The number of carbonyl (C=O) groups excluding carboxylic acids is 3. The highest BCUT2D eigenvalue weighted by atomic mass is 35.5. The third kappa shape index (κ3) is 16.5. The van der Waals surface area contributed by atoms with Gasteiger partial charge in [0.25, 0.3) is 12.2 Å². The number of carbonyl (C=O) groups is 3. The van der Waals surface area contributed by atoms with Crippen molar-refractivity contribution in [3.05, 3.63) is 73.4 Å². The molecule has 2 fully saturated rings. The van der Waals surface area contributed by atoms with Gasteiger partial charge in [-0.1, -0.05) is 7.43 Å². The van der Waals surface area contributed by atoms with Gasteiger partial charge in [0.1, 0.15) is 65.5 Å². The third-order valence-electron chi connectivity index (χ3n) is 8.81. The van der Waals surface area contributed by atoms with Gasteiger partial charge in [0, 0.05) is 64.0 Å². The van der Waals surface area contributed by atoms with Crippen molar-refractivity contribution in [2.75, 3.05) is 52.4 Å². The quantitative estimate of drug-likeness (QED) is 0.0922. The number of alkyl halides is 12. The summed E-state index contributed by atoms with van der Waals surface area (Å²) in [6, 6.07) is -0.674. The van der Waals surface area contributed by atoms with E-state index in [-0.39, 0.29) is 45.7 Å². The Labute approximate surface area is 376 Å². The van der Waals surface area contributed by atoms with E-state index in [2.05, 4.69) is 45.9 Å². The van der Waals surface area contributed by atoms with Crippen molar-refractivity contribution in [3.8, 4) is 0 Å². The molecule has 0 saturated carbocycles. The Morgan fingerprint density at radius 2 is 0.806 bits per heavy atom. The molecule has 67 heavy (non-hydrogen) atoms. The molecule has 0 aromatic carbocycles. The van der Waals surface area contributed by atoms with Crippen LogP contribution in [0.5, 0.6) is 0 Å². The first-order chi connectivity index (χ1) is 30.6. The highest BCUT2D eigenvalue weighted by Crippen LogP contribution is 2.38. The Hall–Kier alpha value is -5.78. The molecular formula is C36H41ClF12N8O10. The molecule has 376 valence electrons. The molecular weight excluding hydrogens is 968 g/mol. The fraction of sp³-hybridized carbons (Fsp3) is 0.583. The van der Waals surface area contributed by atoms with Gasteiger partial charge in [-0.3, -0.25) is 9.80 Å². The molecule has 0 atom stereocenters. The number of hydrogen-bond acceptors (Lipinski definition) is 16. The molecule has 2 aliphatic heterocycles. The molecule has 2 saturated heterocycles. The highest BCUT2D eigenvalue weighted by molar-refractivity contribution is 6.61. The summed E-state index contributed by atoms with van der Waals surface area (Å²) in [6.07, 6.45) is -22.1. The van der Waals surface area contributed by atoms with E-state index in [1.807, 2.05) is 20.8 Å². The van der Waals surface area contributed by atoms with Gasteiger partial charge in [0.2, 0.25) is 0 Å². The minimum atomic E-state index is -5.76. The van der Waals surface area contributed by atoms with Crippen LogP contribution in [0.15, 0.2) is 68.3 Å². The highest BCUT2D eigenvalue weighted by Gasteiger charge is 2.61. The second-order valence-corrected chi connectivity index (χ2v) is 15.0. The Balaban J connectivity index is 0.000000283. The maximum atomic E-state index is 12.6. The van der Waals surface area contributed by atoms with Crippen molar-refractivity contribution in [2.45, 2.75) is 82.8 Å². The normalized spacial score (nSPS) is 15.7. The lowest BCUT2D eigenvalue weighted by Crippen LogP contribution is -2.53. The van der Waals surface area contributed by atoms with Crippen LogP contribution in [0.25, 0.3) is 0 Å². The van der Waals surface area contributed by atoms with Crippen LogP contribution in [-0.4, -0.2) is 152 Å². The molecule has 4 aromatic heterocycles. The first-order valence-electron chi connectivity index (χ1n) is 18.6. The monoisotopic (exact) mass is 1010 g/mol. The summed E-state index contributed by atoms with van der Waals surface area (Å²) >= 11 is 4.22. The van der Waals surface area contributed by atoms with Crippen LogP contribution < -0.4 is 0 Å². The van der Waals surface area contributed by atoms with Crippen molar-refractivity contribution in [3.63, 3.8) is 0 Å². The molecule has 0 bridgehead atoms. The maximum Gasteiger partial charge on any atom is 0.434 e. The second-order valence-electron chi connectivity index (χ2n) is 14.7. The average molecular weight is 1010 g/mol. The third-order valence-corrected chi connectivity index (χ3v) is 8.90. The van der Waals surface area contributed by atoms with Crippen LogP contribution in [-0.2, 0) is 14.2 Å². The largest absolute Gasteiger partial charge is 0.451 e. The maximum absolute atomic E-state index is 12.6. The second kappa shape index (κ2) is 22.8. The Morgan fingerprint density at radius 3 is 1.03 bits per heavy atom. The molecule has 2 aliphatic rings. The predicted octanol–water partition coefficient (Wildman–Crippen LogP) is 8.80. The molecule has 0 unspecified atom stereocenters. The number of rotatable bonds is 8. The van der Waals surface area contributed by atoms with E-state index in [0.717, 1.165) is 16.3 Å². The Bertz CT molecular complexity index is 1970. The fourth-order valence-corrected chi connectivity index (χ4v) is 6.13. The number of hydrogen-bond donors (Lipinski definition) is 0. The number of halogens is 13. The molecule has 0 radical (unpaired) electrons. The summed E-state index contributed by atoms with van der Waals surface area (Å²) in [4.78, 5) is 56.8. The van der Waals surface area contributed by atoms with Crippen LogP contribution >= 0.6 is 11.6 Å². The Kier molecular flexibility index (Phi) is 18.9. The van der Waals surface area contributed by atoms with E-state index in [1.165, 1.54) is 38.1 Å². The summed E-state index contributed by atoms with van der Waals surface area (Å²) < 4.78 is 177. The molecule has 6 rings (SSSR count). The molecule has 6 heterocycles. The van der Waals surface area contributed by atoms with Crippen LogP contribution in [0.4, 0.5) is 67.1 Å². The van der Waals surface area contributed by atoms with Gasteiger partial charge in [0.05, 0.1) is 0 Å². The summed E-state index contributed by atoms with van der Waals surface area (Å²) in [7, 11) is 0. The van der Waals surface area contributed by atoms with Gasteiger partial charge in [0.15, 0.2) is 25.6 Å². The van der Waals surface area contributed by atoms with Crippen molar-refractivity contribution in [2.24, 2.45) is 0 Å². The lowest BCUT2D eigenvalue weighted by molar-refractivity contribution is -0.308. The van der Waals surface area contributed by atoms with Gasteiger partial charge >= 0.3 is 42.3 Å². The minimum absolute atomic E-state index is 0. The van der Waals surface area contributed by atoms with E-state index >= 15 is 0 Å². The molecule has 0 aliphatic carbocycles. The van der Waals surface area contributed by atoms with E-state index < -0.39 is 60.1 Å². The number of nitrogens with zero attached hydrogens (tertiary/aromatic N) is 8. The first-order valence-corrected chi connectivity index (χ1v) is 19.0. The zero-order valence-electron chi connectivity index (χ0n) is 34.2. The molecule has 31 heteroatoms. The van der Waals surface area contributed by atoms with Crippen molar-refractivity contribution >= 4 is 29.2 Å². The van der Waals surface area contributed by atoms with E-state index in [0.29, 0.717) is 37.6 Å². The van der Waals surface area contributed by atoms with Crippen LogP contribution in [0.1, 0.15) is 63.1 Å². The number of piperazine rings is 2. The molecule has 0 N–H and O–H groups in total. The average Bonchev–Trinajstić information content (AvgIpc) is 4.05. The summed E-state index contributed by atoms with van der Waals surface area (Å²) in [5.74, 6) is 0. The van der Waals surface area contributed by atoms with Gasteiger partial charge in [-0.05, 0) is 20.8 Å². The predicted molar refractivity (Wildman–Crippen MR) is 200 cm³/mol. The van der Waals surface area contributed by atoms with Gasteiger partial charge < -0.3 is 41.7 Å². The lowest BCUT2D eigenvalue weighted by atomic mass is 10.1. The smallest absolute Gasteiger partial charge is 0.434 e. The van der Waals surface area contributed by atoms with Crippen LogP contribution in [0.3, 0.4) is 0 Å². The van der Waals surface area contributed by atoms with Gasteiger partial charge in [-0.2, -0.15) is 52.7 Å². The number of amides is 2. The Morgan fingerprint density at radius 1 is 0.522 bits per heavy atom. The SMILES string of the molecule is C.CC(C)(C)OC(=O)N1CCN(C(c2cocn2)c2cocn2)CC1.O=C(Cl)OC(C(F)(F)F)C(F)(F)F.O=C(OC(C(F)(F)F)C(F)(F)F)N1CCN(C(c2cocn2)c2cocn2)CC1. The van der Waals surface area contributed by atoms with E-state index in [4.69, 9.17) is 22.4 Å².